The summed E-state index contributed by atoms with van der Waals surface area (Å²) in [4.78, 5) is 25.4. The third-order valence-corrected chi connectivity index (χ3v) is 4.86. The second kappa shape index (κ2) is 11.6. The minimum absolute atomic E-state index is 0.0524. The van der Waals surface area contributed by atoms with Gasteiger partial charge in [-0.1, -0.05) is 66.7 Å². The standard InChI is InChI=1S/C26H27NO6/c1-19(28)33-25(16-27(2)26(30)32-18-21-11-7-4-8-12-21)22-13-14-24(23(29)15-22)31-17-20-9-5-3-6-10-20/h3-15,25,29H,16-18H2,1-2H3. The number of aromatic hydroxyl groups is 1. The van der Waals surface area contributed by atoms with E-state index in [1.165, 1.54) is 17.9 Å². The Morgan fingerprint density at radius 3 is 2.09 bits per heavy atom. The molecule has 1 unspecified atom stereocenters. The quantitative estimate of drug-likeness (QED) is 0.471. The average molecular weight is 450 g/mol. The largest absolute Gasteiger partial charge is 0.504 e. The number of hydrogen-bond acceptors (Lipinski definition) is 6. The number of hydrogen-bond donors (Lipinski definition) is 1. The third kappa shape index (κ3) is 7.28. The SMILES string of the molecule is CC(=O)OC(CN(C)C(=O)OCc1ccccc1)c1ccc(OCc2ccccc2)c(O)c1. The molecule has 7 heteroatoms. The van der Waals surface area contributed by atoms with Crippen LogP contribution < -0.4 is 4.74 Å². The number of carbonyl (C=O) groups excluding carboxylic acids is 2. The Kier molecular flexibility index (Phi) is 8.30. The summed E-state index contributed by atoms with van der Waals surface area (Å²) in [6.07, 6.45) is -1.34. The van der Waals surface area contributed by atoms with Crippen molar-refractivity contribution >= 4 is 12.1 Å². The van der Waals surface area contributed by atoms with Gasteiger partial charge in [0.25, 0.3) is 0 Å². The number of carbonyl (C=O) groups is 2. The molecule has 3 rings (SSSR count). The fourth-order valence-corrected chi connectivity index (χ4v) is 3.16. The molecule has 0 aliphatic heterocycles. The summed E-state index contributed by atoms with van der Waals surface area (Å²) < 4.78 is 16.4. The number of amides is 1. The van der Waals surface area contributed by atoms with E-state index in [0.29, 0.717) is 17.9 Å². The summed E-state index contributed by atoms with van der Waals surface area (Å²) in [6.45, 7) is 1.78. The maximum Gasteiger partial charge on any atom is 0.409 e. The van der Waals surface area contributed by atoms with Gasteiger partial charge in [-0.25, -0.2) is 4.79 Å². The predicted molar refractivity (Wildman–Crippen MR) is 123 cm³/mol. The van der Waals surface area contributed by atoms with E-state index in [2.05, 4.69) is 0 Å². The van der Waals surface area contributed by atoms with Crippen molar-refractivity contribution in [1.29, 1.82) is 0 Å². The molecular formula is C26H27NO6. The minimum atomic E-state index is -0.786. The molecular weight excluding hydrogens is 422 g/mol. The zero-order chi connectivity index (χ0) is 23.6. The Morgan fingerprint density at radius 2 is 1.52 bits per heavy atom. The van der Waals surface area contributed by atoms with Gasteiger partial charge >= 0.3 is 12.1 Å². The number of ether oxygens (including phenoxy) is 3. The van der Waals surface area contributed by atoms with Gasteiger partial charge < -0.3 is 24.2 Å². The number of rotatable bonds is 9. The lowest BCUT2D eigenvalue weighted by Gasteiger charge is -2.24. The average Bonchev–Trinajstić information content (AvgIpc) is 2.82. The molecule has 0 bridgehead atoms. The number of esters is 1. The Morgan fingerprint density at radius 1 is 0.909 bits per heavy atom. The first-order valence-electron chi connectivity index (χ1n) is 10.5. The van der Waals surface area contributed by atoms with E-state index in [9.17, 15) is 14.7 Å². The summed E-state index contributed by atoms with van der Waals surface area (Å²) >= 11 is 0. The Labute approximate surface area is 193 Å². The van der Waals surface area contributed by atoms with E-state index in [1.807, 2.05) is 60.7 Å². The van der Waals surface area contributed by atoms with E-state index in [-0.39, 0.29) is 18.9 Å². The highest BCUT2D eigenvalue weighted by Gasteiger charge is 2.22. The predicted octanol–water partition coefficient (Wildman–Crippen LogP) is 4.84. The van der Waals surface area contributed by atoms with Crippen molar-refractivity contribution in [2.75, 3.05) is 13.6 Å². The molecule has 0 aliphatic rings. The highest BCUT2D eigenvalue weighted by Crippen LogP contribution is 2.31. The molecule has 3 aromatic carbocycles. The maximum atomic E-state index is 12.4. The smallest absolute Gasteiger partial charge is 0.409 e. The molecule has 0 aromatic heterocycles. The van der Waals surface area contributed by atoms with E-state index in [0.717, 1.165) is 11.1 Å². The molecule has 7 nitrogen and oxygen atoms in total. The topological polar surface area (TPSA) is 85.3 Å². The monoisotopic (exact) mass is 449 g/mol. The van der Waals surface area contributed by atoms with Crippen molar-refractivity contribution in [3.63, 3.8) is 0 Å². The van der Waals surface area contributed by atoms with Gasteiger partial charge in [0.15, 0.2) is 11.5 Å². The first kappa shape index (κ1) is 23.7. The molecule has 172 valence electrons. The number of phenols is 1. The zero-order valence-corrected chi connectivity index (χ0v) is 18.6. The van der Waals surface area contributed by atoms with Crippen LogP contribution in [-0.4, -0.2) is 35.7 Å². The van der Waals surface area contributed by atoms with Gasteiger partial charge in [0, 0.05) is 14.0 Å². The van der Waals surface area contributed by atoms with Crippen LogP contribution in [0, 0.1) is 0 Å². The molecule has 0 spiro atoms. The van der Waals surface area contributed by atoms with Gasteiger partial charge in [0.05, 0.1) is 6.54 Å². The van der Waals surface area contributed by atoms with Crippen LogP contribution in [-0.2, 0) is 27.5 Å². The first-order valence-corrected chi connectivity index (χ1v) is 10.5. The number of likely N-dealkylation sites (N-methyl/N-ethyl adjacent to an activating group) is 1. The molecule has 1 atom stereocenters. The lowest BCUT2D eigenvalue weighted by atomic mass is 10.1. The van der Waals surface area contributed by atoms with E-state index >= 15 is 0 Å². The van der Waals surface area contributed by atoms with Crippen molar-refractivity contribution in [3.05, 3.63) is 95.6 Å². The number of nitrogens with zero attached hydrogens (tertiary/aromatic N) is 1. The normalized spacial score (nSPS) is 11.3. The second-order valence-corrected chi connectivity index (χ2v) is 7.52. The molecule has 1 amide bonds. The Hall–Kier alpha value is -4.00. The summed E-state index contributed by atoms with van der Waals surface area (Å²) in [5.74, 6) is -0.287. The summed E-state index contributed by atoms with van der Waals surface area (Å²) in [5.41, 5.74) is 2.36. The van der Waals surface area contributed by atoms with Crippen molar-refractivity contribution in [2.24, 2.45) is 0 Å². The highest BCUT2D eigenvalue weighted by molar-refractivity contribution is 5.68. The van der Waals surface area contributed by atoms with Crippen molar-refractivity contribution in [2.45, 2.75) is 26.2 Å². The molecule has 33 heavy (non-hydrogen) atoms. The highest BCUT2D eigenvalue weighted by atomic mass is 16.6. The van der Waals surface area contributed by atoms with Crippen LogP contribution in [0.2, 0.25) is 0 Å². The first-order chi connectivity index (χ1) is 15.9. The Balaban J connectivity index is 1.64. The van der Waals surface area contributed by atoms with Crippen LogP contribution in [0.15, 0.2) is 78.9 Å². The Bertz CT molecular complexity index is 1050. The lowest BCUT2D eigenvalue weighted by molar-refractivity contribution is -0.147. The summed E-state index contributed by atoms with van der Waals surface area (Å²) in [6, 6.07) is 23.7. The van der Waals surface area contributed by atoms with Crippen LogP contribution in [0.4, 0.5) is 4.79 Å². The molecule has 0 radical (unpaired) electrons. The maximum absolute atomic E-state index is 12.4. The van der Waals surface area contributed by atoms with Gasteiger partial charge in [-0.3, -0.25) is 4.79 Å². The zero-order valence-electron chi connectivity index (χ0n) is 18.6. The second-order valence-electron chi connectivity index (χ2n) is 7.52. The van der Waals surface area contributed by atoms with Gasteiger partial charge in [-0.05, 0) is 28.8 Å². The molecule has 0 aliphatic carbocycles. The van der Waals surface area contributed by atoms with Crippen molar-refractivity contribution < 1.29 is 28.9 Å². The fraction of sp³-hybridized carbons (Fsp3) is 0.231. The summed E-state index contributed by atoms with van der Waals surface area (Å²) in [5, 5.41) is 10.4. The van der Waals surface area contributed by atoms with Gasteiger partial charge in [0.2, 0.25) is 0 Å². The van der Waals surface area contributed by atoms with E-state index in [4.69, 9.17) is 14.2 Å². The van der Waals surface area contributed by atoms with Crippen LogP contribution >= 0.6 is 0 Å². The van der Waals surface area contributed by atoms with Crippen LogP contribution in [0.1, 0.15) is 29.7 Å². The molecule has 0 saturated carbocycles. The molecule has 0 heterocycles. The lowest BCUT2D eigenvalue weighted by Crippen LogP contribution is -2.33. The van der Waals surface area contributed by atoms with Gasteiger partial charge in [-0.15, -0.1) is 0 Å². The number of phenolic OH excluding ortho intramolecular Hbond substituents is 1. The van der Waals surface area contributed by atoms with Crippen LogP contribution in [0.5, 0.6) is 11.5 Å². The van der Waals surface area contributed by atoms with Gasteiger partial charge in [-0.2, -0.15) is 0 Å². The third-order valence-electron chi connectivity index (χ3n) is 4.86. The van der Waals surface area contributed by atoms with E-state index < -0.39 is 18.2 Å². The minimum Gasteiger partial charge on any atom is -0.504 e. The van der Waals surface area contributed by atoms with Crippen LogP contribution in [0.25, 0.3) is 0 Å². The van der Waals surface area contributed by atoms with E-state index in [1.54, 1.807) is 19.2 Å². The van der Waals surface area contributed by atoms with Crippen molar-refractivity contribution in [3.8, 4) is 11.5 Å². The molecule has 1 N–H and O–H groups in total. The summed E-state index contributed by atoms with van der Waals surface area (Å²) in [7, 11) is 1.56. The molecule has 3 aromatic rings. The van der Waals surface area contributed by atoms with Gasteiger partial charge in [0.1, 0.15) is 19.3 Å². The molecule has 0 fully saturated rings. The van der Waals surface area contributed by atoms with Crippen LogP contribution in [0.3, 0.4) is 0 Å². The van der Waals surface area contributed by atoms with Crippen molar-refractivity contribution in [1.82, 2.24) is 4.90 Å². The molecule has 0 saturated heterocycles. The number of benzene rings is 3. The fourth-order valence-electron chi connectivity index (χ4n) is 3.16.